The van der Waals surface area contributed by atoms with Crippen LogP contribution in [0.2, 0.25) is 0 Å². The lowest BCUT2D eigenvalue weighted by molar-refractivity contribution is 0.603. The Bertz CT molecular complexity index is 412. The number of benzene rings is 1. The van der Waals surface area contributed by atoms with Crippen molar-refractivity contribution in [1.29, 1.82) is 0 Å². The van der Waals surface area contributed by atoms with Crippen LogP contribution >= 0.6 is 11.3 Å². The third kappa shape index (κ3) is 1.58. The quantitative estimate of drug-likeness (QED) is 0.683. The molecule has 0 bridgehead atoms. The Morgan fingerprint density at radius 1 is 1.31 bits per heavy atom. The van der Waals surface area contributed by atoms with Gasteiger partial charge in [0, 0.05) is 11.8 Å². The largest absolute Gasteiger partial charge is 0.241 e. The Kier molecular flexibility index (Phi) is 2.06. The van der Waals surface area contributed by atoms with Crippen molar-refractivity contribution < 1.29 is 8.78 Å². The van der Waals surface area contributed by atoms with Crippen molar-refractivity contribution in [1.82, 2.24) is 4.98 Å². The van der Waals surface area contributed by atoms with Gasteiger partial charge in [0.15, 0.2) is 5.51 Å². The molecule has 0 aliphatic rings. The van der Waals surface area contributed by atoms with Crippen molar-refractivity contribution >= 4 is 11.3 Å². The molecule has 2 aromatic rings. The van der Waals surface area contributed by atoms with E-state index in [4.69, 9.17) is 0 Å². The SMILES string of the molecule is Fc1ccc(F)c(-c2cn[c]s2)c1. The van der Waals surface area contributed by atoms with E-state index in [0.717, 1.165) is 29.5 Å². The van der Waals surface area contributed by atoms with Crippen LogP contribution in [-0.2, 0) is 0 Å². The Hall–Kier alpha value is -1.29. The van der Waals surface area contributed by atoms with Gasteiger partial charge in [-0.2, -0.15) is 0 Å². The molecule has 0 fully saturated rings. The number of rotatable bonds is 1. The standard InChI is InChI=1S/C9H4F2NS/c10-6-1-2-8(11)7(3-6)9-4-12-5-13-9/h1-4H. The summed E-state index contributed by atoms with van der Waals surface area (Å²) in [4.78, 5) is 4.25. The first kappa shape index (κ1) is 8.31. The Balaban J connectivity index is 2.57. The van der Waals surface area contributed by atoms with Gasteiger partial charge < -0.3 is 0 Å². The van der Waals surface area contributed by atoms with Gasteiger partial charge in [-0.25, -0.2) is 13.8 Å². The van der Waals surface area contributed by atoms with Crippen molar-refractivity contribution in [3.05, 3.63) is 41.5 Å². The Labute approximate surface area is 77.7 Å². The molecule has 0 saturated carbocycles. The van der Waals surface area contributed by atoms with Crippen LogP contribution in [0.3, 0.4) is 0 Å². The third-order valence-electron chi connectivity index (χ3n) is 1.58. The Morgan fingerprint density at radius 2 is 2.15 bits per heavy atom. The van der Waals surface area contributed by atoms with E-state index in [0.29, 0.717) is 4.88 Å². The van der Waals surface area contributed by atoms with Crippen LogP contribution in [0, 0.1) is 17.1 Å². The maximum Gasteiger partial charge on any atom is 0.152 e. The van der Waals surface area contributed by atoms with Crippen LogP contribution in [0.5, 0.6) is 0 Å². The van der Waals surface area contributed by atoms with Gasteiger partial charge in [-0.3, -0.25) is 0 Å². The van der Waals surface area contributed by atoms with Crippen molar-refractivity contribution in [2.45, 2.75) is 0 Å². The van der Waals surface area contributed by atoms with Crippen molar-refractivity contribution in [2.24, 2.45) is 0 Å². The first-order chi connectivity index (χ1) is 6.27. The highest BCUT2D eigenvalue weighted by Gasteiger charge is 2.07. The highest BCUT2D eigenvalue weighted by atomic mass is 32.1. The molecule has 1 radical (unpaired) electrons. The fourth-order valence-electron chi connectivity index (χ4n) is 0.998. The summed E-state index contributed by atoms with van der Waals surface area (Å²) in [7, 11) is 0. The topological polar surface area (TPSA) is 12.9 Å². The minimum atomic E-state index is -0.454. The molecule has 2 rings (SSSR count). The maximum atomic E-state index is 13.1. The normalized spacial score (nSPS) is 10.3. The second kappa shape index (κ2) is 3.22. The van der Waals surface area contributed by atoms with E-state index in [1.165, 1.54) is 6.20 Å². The van der Waals surface area contributed by atoms with E-state index < -0.39 is 11.6 Å². The molecule has 1 nitrogen and oxygen atoms in total. The molecule has 0 N–H and O–H groups in total. The van der Waals surface area contributed by atoms with E-state index in [9.17, 15) is 8.78 Å². The first-order valence-electron chi connectivity index (χ1n) is 3.54. The zero-order chi connectivity index (χ0) is 9.26. The molecule has 0 aliphatic heterocycles. The number of aromatic nitrogens is 1. The highest BCUT2D eigenvalue weighted by molar-refractivity contribution is 7.12. The summed E-state index contributed by atoms with van der Waals surface area (Å²) >= 11 is 1.16. The van der Waals surface area contributed by atoms with Gasteiger partial charge in [-0.15, -0.1) is 11.3 Å². The fourth-order valence-corrected chi connectivity index (χ4v) is 1.57. The van der Waals surface area contributed by atoms with Gasteiger partial charge in [0.05, 0.1) is 4.88 Å². The van der Waals surface area contributed by atoms with Crippen molar-refractivity contribution in [3.63, 3.8) is 0 Å². The van der Waals surface area contributed by atoms with E-state index >= 15 is 0 Å². The molecule has 0 amide bonds. The van der Waals surface area contributed by atoms with E-state index in [2.05, 4.69) is 10.5 Å². The second-order valence-corrected chi connectivity index (χ2v) is 3.27. The number of thiazole rings is 1. The summed E-state index contributed by atoms with van der Waals surface area (Å²) in [5, 5.41) is 0. The number of hydrogen-bond acceptors (Lipinski definition) is 2. The zero-order valence-electron chi connectivity index (χ0n) is 6.42. The zero-order valence-corrected chi connectivity index (χ0v) is 7.24. The molecule has 1 aromatic heterocycles. The molecule has 1 heterocycles. The summed E-state index contributed by atoms with van der Waals surface area (Å²) in [5.41, 5.74) is 2.81. The fraction of sp³-hybridized carbons (Fsp3) is 0. The molecule has 0 unspecified atom stereocenters. The minimum Gasteiger partial charge on any atom is -0.241 e. The molecule has 0 atom stereocenters. The number of nitrogens with zero attached hydrogens (tertiary/aromatic N) is 1. The van der Waals surface area contributed by atoms with Gasteiger partial charge in [0.2, 0.25) is 0 Å². The van der Waals surface area contributed by atoms with Gasteiger partial charge in [0.25, 0.3) is 0 Å². The first-order valence-corrected chi connectivity index (χ1v) is 4.36. The molecule has 0 aliphatic carbocycles. The van der Waals surface area contributed by atoms with Gasteiger partial charge in [-0.1, -0.05) is 0 Å². The van der Waals surface area contributed by atoms with E-state index in [-0.39, 0.29) is 5.56 Å². The van der Waals surface area contributed by atoms with Gasteiger partial charge >= 0.3 is 0 Å². The van der Waals surface area contributed by atoms with Crippen LogP contribution in [-0.4, -0.2) is 4.98 Å². The van der Waals surface area contributed by atoms with Crippen LogP contribution in [0.15, 0.2) is 24.4 Å². The van der Waals surface area contributed by atoms with Crippen molar-refractivity contribution in [2.75, 3.05) is 0 Å². The molecule has 0 spiro atoms. The highest BCUT2D eigenvalue weighted by Crippen LogP contribution is 2.26. The molecule has 4 heteroatoms. The summed E-state index contributed by atoms with van der Waals surface area (Å²) < 4.78 is 25.9. The van der Waals surface area contributed by atoms with Crippen LogP contribution in [0.25, 0.3) is 10.4 Å². The van der Waals surface area contributed by atoms with Crippen molar-refractivity contribution in [3.8, 4) is 10.4 Å². The summed E-state index contributed by atoms with van der Waals surface area (Å²) in [6, 6.07) is 3.34. The predicted molar refractivity (Wildman–Crippen MR) is 46.3 cm³/mol. The monoisotopic (exact) mass is 196 g/mol. The van der Waals surface area contributed by atoms with Gasteiger partial charge in [-0.05, 0) is 18.2 Å². The van der Waals surface area contributed by atoms with Crippen LogP contribution in [0.4, 0.5) is 8.78 Å². The molecule has 1 aromatic carbocycles. The smallest absolute Gasteiger partial charge is 0.152 e. The second-order valence-electron chi connectivity index (χ2n) is 2.44. The lowest BCUT2D eigenvalue weighted by atomic mass is 10.2. The lowest BCUT2D eigenvalue weighted by Crippen LogP contribution is -1.83. The van der Waals surface area contributed by atoms with Crippen LogP contribution < -0.4 is 0 Å². The number of hydrogen-bond donors (Lipinski definition) is 0. The summed E-state index contributed by atoms with van der Waals surface area (Å²) in [5.74, 6) is -0.899. The molecular weight excluding hydrogens is 192 g/mol. The Morgan fingerprint density at radius 3 is 2.85 bits per heavy atom. The number of halogens is 2. The third-order valence-corrected chi connectivity index (χ3v) is 2.33. The molecule has 13 heavy (non-hydrogen) atoms. The summed E-state index contributed by atoms with van der Waals surface area (Å²) in [6.45, 7) is 0. The lowest BCUT2D eigenvalue weighted by Gasteiger charge is -1.98. The molecule has 65 valence electrons. The average Bonchev–Trinajstić information content (AvgIpc) is 2.61. The van der Waals surface area contributed by atoms with Crippen LogP contribution in [0.1, 0.15) is 0 Å². The average molecular weight is 196 g/mol. The predicted octanol–water partition coefficient (Wildman–Crippen LogP) is 2.89. The molecule has 0 saturated heterocycles. The van der Waals surface area contributed by atoms with E-state index in [1.54, 1.807) is 0 Å². The summed E-state index contributed by atoms with van der Waals surface area (Å²) in [6.07, 6.45) is 1.46. The van der Waals surface area contributed by atoms with Gasteiger partial charge in [0.1, 0.15) is 11.6 Å². The van der Waals surface area contributed by atoms with E-state index in [1.807, 2.05) is 0 Å². The minimum absolute atomic E-state index is 0.235. The molecular formula is C9H4F2NS. The maximum absolute atomic E-state index is 13.1.